The summed E-state index contributed by atoms with van der Waals surface area (Å²) in [6, 6.07) is 8.74. The predicted octanol–water partition coefficient (Wildman–Crippen LogP) is 2.94. The van der Waals surface area contributed by atoms with Crippen molar-refractivity contribution in [1.82, 2.24) is 15.0 Å². The third-order valence-electron chi connectivity index (χ3n) is 3.21. The summed E-state index contributed by atoms with van der Waals surface area (Å²) in [6.45, 7) is 3.87. The van der Waals surface area contributed by atoms with Crippen molar-refractivity contribution in [2.45, 2.75) is 13.8 Å². The second kappa shape index (κ2) is 4.45. The number of nitrogens with zero attached hydrogens (tertiary/aromatic N) is 2. The molecular weight excluding hydrogens is 254 g/mol. The van der Waals surface area contributed by atoms with Gasteiger partial charge in [0.1, 0.15) is 5.82 Å². The van der Waals surface area contributed by atoms with E-state index in [1.807, 2.05) is 26.0 Å². The maximum atomic E-state index is 11.0. The van der Waals surface area contributed by atoms with E-state index in [2.05, 4.69) is 15.0 Å². The van der Waals surface area contributed by atoms with Crippen LogP contribution in [0, 0.1) is 13.8 Å². The van der Waals surface area contributed by atoms with Crippen LogP contribution in [0.1, 0.15) is 21.7 Å². The molecule has 0 aliphatic rings. The molecule has 20 heavy (non-hydrogen) atoms. The number of aromatic nitrogens is 3. The highest BCUT2D eigenvalue weighted by Crippen LogP contribution is 2.23. The summed E-state index contributed by atoms with van der Waals surface area (Å²) in [4.78, 5) is 23.0. The summed E-state index contributed by atoms with van der Waals surface area (Å²) < 4.78 is 0. The largest absolute Gasteiger partial charge is 0.478 e. The molecule has 5 nitrogen and oxygen atoms in total. The lowest BCUT2D eigenvalue weighted by Gasteiger charge is -2.02. The molecule has 0 saturated carbocycles. The summed E-state index contributed by atoms with van der Waals surface area (Å²) in [5.74, 6) is -0.247. The second-order valence-electron chi connectivity index (χ2n) is 4.71. The molecule has 1 aromatic carbocycles. The number of carboxylic acids is 1. The Morgan fingerprint density at radius 3 is 2.65 bits per heavy atom. The fourth-order valence-corrected chi connectivity index (χ4v) is 2.21. The van der Waals surface area contributed by atoms with Crippen molar-refractivity contribution < 1.29 is 9.90 Å². The molecule has 0 atom stereocenters. The molecule has 0 aliphatic carbocycles. The molecule has 3 rings (SSSR count). The third kappa shape index (κ3) is 2.03. The molecule has 0 saturated heterocycles. The monoisotopic (exact) mass is 267 g/mol. The van der Waals surface area contributed by atoms with Gasteiger partial charge in [-0.15, -0.1) is 0 Å². The number of hydrogen-bond acceptors (Lipinski definition) is 3. The smallest absolute Gasteiger partial charge is 0.335 e. The summed E-state index contributed by atoms with van der Waals surface area (Å²) in [7, 11) is 0. The van der Waals surface area contributed by atoms with Crippen LogP contribution in [0.4, 0.5) is 0 Å². The molecule has 2 N–H and O–H groups in total. The molecular formula is C15H13N3O2. The van der Waals surface area contributed by atoms with Crippen molar-refractivity contribution in [3.63, 3.8) is 0 Å². The van der Waals surface area contributed by atoms with E-state index in [0.29, 0.717) is 11.3 Å². The zero-order chi connectivity index (χ0) is 14.3. The summed E-state index contributed by atoms with van der Waals surface area (Å²) >= 11 is 0. The van der Waals surface area contributed by atoms with Gasteiger partial charge in [-0.1, -0.05) is 0 Å². The van der Waals surface area contributed by atoms with Crippen molar-refractivity contribution in [2.24, 2.45) is 0 Å². The Balaban J connectivity index is 2.15. The van der Waals surface area contributed by atoms with Gasteiger partial charge in [0.15, 0.2) is 0 Å². The van der Waals surface area contributed by atoms with E-state index in [-0.39, 0.29) is 5.56 Å². The maximum Gasteiger partial charge on any atom is 0.335 e. The molecule has 0 radical (unpaired) electrons. The van der Waals surface area contributed by atoms with E-state index in [1.54, 1.807) is 18.2 Å². The van der Waals surface area contributed by atoms with Gasteiger partial charge in [0.25, 0.3) is 0 Å². The highest BCUT2D eigenvalue weighted by Gasteiger charge is 2.11. The molecule has 2 heterocycles. The number of carboxylic acid groups (broad SMARTS) is 1. The minimum Gasteiger partial charge on any atom is -0.478 e. The van der Waals surface area contributed by atoms with Crippen LogP contribution in [0.15, 0.2) is 30.3 Å². The molecule has 100 valence electrons. The lowest BCUT2D eigenvalue weighted by atomic mass is 10.2. The minimum atomic E-state index is -0.948. The lowest BCUT2D eigenvalue weighted by Crippen LogP contribution is -1.94. The van der Waals surface area contributed by atoms with E-state index in [1.165, 1.54) is 0 Å². The van der Waals surface area contributed by atoms with E-state index in [4.69, 9.17) is 5.11 Å². The van der Waals surface area contributed by atoms with Crippen LogP contribution in [0.3, 0.4) is 0 Å². The zero-order valence-electron chi connectivity index (χ0n) is 11.1. The molecule has 3 aromatic rings. The number of aryl methyl sites for hydroxylation is 2. The number of H-pyrrole nitrogens is 1. The number of carbonyl (C=O) groups is 1. The Bertz CT molecular complexity index is 821. The van der Waals surface area contributed by atoms with Gasteiger partial charge in [-0.25, -0.2) is 9.78 Å². The molecule has 0 amide bonds. The first-order valence-corrected chi connectivity index (χ1v) is 6.22. The van der Waals surface area contributed by atoms with Gasteiger partial charge in [0, 0.05) is 17.0 Å². The quantitative estimate of drug-likeness (QED) is 0.748. The second-order valence-corrected chi connectivity index (χ2v) is 4.71. The van der Waals surface area contributed by atoms with Gasteiger partial charge >= 0.3 is 5.97 Å². The molecule has 0 fully saturated rings. The number of benzene rings is 1. The van der Waals surface area contributed by atoms with Gasteiger partial charge in [0.05, 0.1) is 16.6 Å². The predicted molar refractivity (Wildman–Crippen MR) is 75.8 cm³/mol. The number of aromatic carboxylic acids is 1. The average molecular weight is 267 g/mol. The zero-order valence-corrected chi connectivity index (χ0v) is 11.1. The highest BCUT2D eigenvalue weighted by molar-refractivity contribution is 5.93. The number of pyridine rings is 1. The Morgan fingerprint density at radius 2 is 1.95 bits per heavy atom. The van der Waals surface area contributed by atoms with Crippen LogP contribution >= 0.6 is 0 Å². The van der Waals surface area contributed by atoms with Crippen molar-refractivity contribution >= 4 is 17.0 Å². The normalized spacial score (nSPS) is 10.9. The van der Waals surface area contributed by atoms with Gasteiger partial charge in [-0.05, 0) is 44.2 Å². The molecule has 0 aliphatic heterocycles. The van der Waals surface area contributed by atoms with Crippen molar-refractivity contribution in [1.29, 1.82) is 0 Å². The van der Waals surface area contributed by atoms with Crippen molar-refractivity contribution in [3.8, 4) is 11.4 Å². The van der Waals surface area contributed by atoms with Gasteiger partial charge in [-0.3, -0.25) is 4.98 Å². The van der Waals surface area contributed by atoms with Gasteiger partial charge in [0.2, 0.25) is 0 Å². The maximum absolute atomic E-state index is 11.0. The number of imidazole rings is 1. The number of fused-ring (bicyclic) bond motifs is 1. The fraction of sp³-hybridized carbons (Fsp3) is 0.133. The van der Waals surface area contributed by atoms with E-state index in [9.17, 15) is 4.79 Å². The first-order valence-electron chi connectivity index (χ1n) is 6.22. The van der Waals surface area contributed by atoms with Crippen molar-refractivity contribution in [3.05, 3.63) is 47.3 Å². The van der Waals surface area contributed by atoms with Crippen molar-refractivity contribution in [2.75, 3.05) is 0 Å². The number of nitrogens with one attached hydrogen (secondary N) is 1. The van der Waals surface area contributed by atoms with E-state index < -0.39 is 5.97 Å². The average Bonchev–Trinajstić information content (AvgIpc) is 2.80. The van der Waals surface area contributed by atoms with Gasteiger partial charge in [-0.2, -0.15) is 0 Å². The first-order chi connectivity index (χ1) is 9.54. The number of hydrogen-bond donors (Lipinski definition) is 2. The van der Waals surface area contributed by atoms with Crippen LogP contribution < -0.4 is 0 Å². The fourth-order valence-electron chi connectivity index (χ4n) is 2.21. The molecule has 0 unspecified atom stereocenters. The Labute approximate surface area is 115 Å². The van der Waals surface area contributed by atoms with Crippen LogP contribution in [0.5, 0.6) is 0 Å². The Morgan fingerprint density at radius 1 is 1.15 bits per heavy atom. The van der Waals surface area contributed by atoms with Crippen LogP contribution in [-0.4, -0.2) is 26.0 Å². The topological polar surface area (TPSA) is 78.9 Å². The van der Waals surface area contributed by atoms with Crippen LogP contribution in [0.25, 0.3) is 22.4 Å². The molecule has 0 bridgehead atoms. The highest BCUT2D eigenvalue weighted by atomic mass is 16.4. The van der Waals surface area contributed by atoms with Crippen LogP contribution in [-0.2, 0) is 0 Å². The Kier molecular flexibility index (Phi) is 2.75. The summed E-state index contributed by atoms with van der Waals surface area (Å²) in [5.41, 5.74) is 4.46. The minimum absolute atomic E-state index is 0.242. The number of rotatable bonds is 2. The van der Waals surface area contributed by atoms with E-state index in [0.717, 1.165) is 22.5 Å². The molecule has 0 spiro atoms. The Hall–Kier alpha value is -2.69. The standard InChI is InChI=1S/C15H13N3O2/c1-8-3-5-11(9(2)16-8)14-17-12-6-4-10(15(19)20)7-13(12)18-14/h3-7H,1-2H3,(H,17,18)(H,19,20). The van der Waals surface area contributed by atoms with Gasteiger partial charge < -0.3 is 10.1 Å². The molecule has 5 heteroatoms. The first kappa shape index (κ1) is 12.3. The lowest BCUT2D eigenvalue weighted by molar-refractivity contribution is 0.0697. The number of aromatic amines is 1. The SMILES string of the molecule is Cc1ccc(-c2nc3ccc(C(=O)O)cc3[nH]2)c(C)n1. The summed E-state index contributed by atoms with van der Waals surface area (Å²) in [6.07, 6.45) is 0. The van der Waals surface area contributed by atoms with E-state index >= 15 is 0 Å². The third-order valence-corrected chi connectivity index (χ3v) is 3.21. The van der Waals surface area contributed by atoms with Crippen LogP contribution in [0.2, 0.25) is 0 Å². The summed E-state index contributed by atoms with van der Waals surface area (Å²) in [5, 5.41) is 9.00. The molecule has 2 aromatic heterocycles.